The van der Waals surface area contributed by atoms with E-state index >= 15 is 0 Å². The van der Waals surface area contributed by atoms with Crippen molar-refractivity contribution in [1.82, 2.24) is 10.6 Å². The van der Waals surface area contributed by atoms with Gasteiger partial charge in [-0.1, -0.05) is 0 Å². The fourth-order valence-corrected chi connectivity index (χ4v) is 8.28. The molecule has 4 aliphatic rings. The van der Waals surface area contributed by atoms with Crippen LogP contribution in [0, 0.1) is 17.8 Å². The highest BCUT2D eigenvalue weighted by Gasteiger charge is 2.43. The second-order valence-corrected chi connectivity index (χ2v) is 15.5. The summed E-state index contributed by atoms with van der Waals surface area (Å²) < 4.78 is 18.1. The fraction of sp³-hybridized carbons (Fsp3) is 0.935. The molecule has 3 saturated heterocycles. The number of esters is 2. The lowest BCUT2D eigenvalue weighted by Crippen LogP contribution is -2.60. The van der Waals surface area contributed by atoms with Crippen molar-refractivity contribution in [3.05, 3.63) is 0 Å². The molecule has 0 aromatic heterocycles. The Hall–Kier alpha value is -1.18. The van der Waals surface area contributed by atoms with Gasteiger partial charge in [0.2, 0.25) is 0 Å². The topological polar surface area (TPSA) is 85.9 Å². The molecule has 4 rings (SSSR count). The van der Waals surface area contributed by atoms with E-state index in [4.69, 9.17) is 14.2 Å². The van der Waals surface area contributed by atoms with Gasteiger partial charge in [0.15, 0.2) is 6.10 Å². The van der Waals surface area contributed by atoms with Gasteiger partial charge in [-0.25, -0.2) is 4.79 Å². The molecule has 4 fully saturated rings. The van der Waals surface area contributed by atoms with E-state index in [1.165, 1.54) is 0 Å². The SMILES string of the molecule is CC1(C)CC(OC(=O)C2CCC(C3CCC(C(=O)OC4CC(C)(C)NC(C)(C)C4)OC3)CC2)CC(C)(C)N1. The number of carbonyl (C=O) groups excluding carboxylic acids is 2. The van der Waals surface area contributed by atoms with Crippen LogP contribution in [-0.4, -0.2) is 59.0 Å². The Morgan fingerprint density at radius 2 is 1.03 bits per heavy atom. The number of nitrogens with one attached hydrogen (secondary N) is 2. The summed E-state index contributed by atoms with van der Waals surface area (Å²) in [5, 5.41) is 7.30. The quantitative estimate of drug-likeness (QED) is 0.463. The van der Waals surface area contributed by atoms with Gasteiger partial charge >= 0.3 is 11.9 Å². The third kappa shape index (κ3) is 7.94. The molecule has 2 N–H and O–H groups in total. The molecule has 0 aromatic carbocycles. The van der Waals surface area contributed by atoms with E-state index in [-0.39, 0.29) is 52.2 Å². The molecule has 3 heterocycles. The summed E-state index contributed by atoms with van der Waals surface area (Å²) in [5.41, 5.74) is -0.179. The Kier molecular flexibility index (Phi) is 8.63. The summed E-state index contributed by atoms with van der Waals surface area (Å²) in [7, 11) is 0. The molecular formula is C31H54N2O5. The van der Waals surface area contributed by atoms with Crippen molar-refractivity contribution in [2.75, 3.05) is 6.61 Å². The van der Waals surface area contributed by atoms with Crippen LogP contribution < -0.4 is 10.6 Å². The van der Waals surface area contributed by atoms with E-state index in [1.807, 2.05) is 0 Å². The highest BCUT2D eigenvalue weighted by molar-refractivity contribution is 5.75. The molecule has 1 aliphatic carbocycles. The predicted molar refractivity (Wildman–Crippen MR) is 149 cm³/mol. The predicted octanol–water partition coefficient (Wildman–Crippen LogP) is 5.29. The van der Waals surface area contributed by atoms with E-state index in [2.05, 4.69) is 66.0 Å². The maximum absolute atomic E-state index is 13.0. The van der Waals surface area contributed by atoms with Crippen LogP contribution in [0.2, 0.25) is 0 Å². The Morgan fingerprint density at radius 1 is 0.605 bits per heavy atom. The summed E-state index contributed by atoms with van der Waals surface area (Å²) in [6.07, 6.45) is 8.37. The van der Waals surface area contributed by atoms with E-state index in [0.717, 1.165) is 64.2 Å². The Balaban J connectivity index is 1.19. The number of carbonyl (C=O) groups is 2. The minimum Gasteiger partial charge on any atom is -0.462 e. The minimum atomic E-state index is -0.447. The van der Waals surface area contributed by atoms with E-state index < -0.39 is 6.10 Å². The van der Waals surface area contributed by atoms with Crippen LogP contribution in [0.3, 0.4) is 0 Å². The highest BCUT2D eigenvalue weighted by Crippen LogP contribution is 2.39. The van der Waals surface area contributed by atoms with Crippen molar-refractivity contribution < 1.29 is 23.8 Å². The lowest BCUT2D eigenvalue weighted by atomic mass is 9.73. The van der Waals surface area contributed by atoms with Crippen molar-refractivity contribution in [1.29, 1.82) is 0 Å². The summed E-state index contributed by atoms with van der Waals surface area (Å²) in [6, 6.07) is 0. The molecule has 218 valence electrons. The van der Waals surface area contributed by atoms with Crippen molar-refractivity contribution >= 4 is 11.9 Å². The molecule has 0 radical (unpaired) electrons. The molecule has 7 heteroatoms. The lowest BCUT2D eigenvalue weighted by molar-refractivity contribution is -0.173. The largest absolute Gasteiger partial charge is 0.462 e. The number of piperidine rings is 2. The van der Waals surface area contributed by atoms with E-state index in [1.54, 1.807) is 0 Å². The maximum atomic E-state index is 13.0. The minimum absolute atomic E-state index is 0.00563. The molecule has 0 spiro atoms. The zero-order valence-corrected chi connectivity index (χ0v) is 25.3. The fourth-order valence-electron chi connectivity index (χ4n) is 8.28. The monoisotopic (exact) mass is 534 g/mol. The molecule has 0 bridgehead atoms. The van der Waals surface area contributed by atoms with Gasteiger partial charge in [-0.15, -0.1) is 0 Å². The van der Waals surface area contributed by atoms with Gasteiger partial charge in [0.25, 0.3) is 0 Å². The standard InChI is InChI=1S/C31H54N2O5/c1-28(2)15-23(16-29(3,4)32-28)37-26(34)21-11-9-20(10-12-21)22-13-14-25(36-19-22)27(35)38-24-17-30(5,6)33-31(7,8)18-24/h20-25,32-33H,9-19H2,1-8H3. The first-order valence-electron chi connectivity index (χ1n) is 15.1. The molecule has 1 saturated carbocycles. The number of hydrogen-bond donors (Lipinski definition) is 2. The van der Waals surface area contributed by atoms with Gasteiger partial charge in [0.1, 0.15) is 12.2 Å². The van der Waals surface area contributed by atoms with Gasteiger partial charge in [0, 0.05) is 47.8 Å². The number of hydrogen-bond acceptors (Lipinski definition) is 7. The first-order valence-corrected chi connectivity index (χ1v) is 15.1. The van der Waals surface area contributed by atoms with Gasteiger partial charge in [0.05, 0.1) is 12.5 Å². The molecule has 0 amide bonds. The first-order chi connectivity index (χ1) is 17.5. The zero-order chi connectivity index (χ0) is 27.9. The summed E-state index contributed by atoms with van der Waals surface area (Å²) in [6.45, 7) is 18.0. The Labute approximate surface area is 230 Å². The van der Waals surface area contributed by atoms with E-state index in [9.17, 15) is 9.59 Å². The van der Waals surface area contributed by atoms with Crippen LogP contribution in [0.4, 0.5) is 0 Å². The van der Waals surface area contributed by atoms with Crippen LogP contribution in [0.5, 0.6) is 0 Å². The average Bonchev–Trinajstić information content (AvgIpc) is 2.75. The second kappa shape index (κ2) is 11.0. The molecule has 3 aliphatic heterocycles. The summed E-state index contributed by atoms with van der Waals surface area (Å²) >= 11 is 0. The number of rotatable bonds is 5. The number of ether oxygens (including phenoxy) is 3. The maximum Gasteiger partial charge on any atom is 0.335 e. The average molecular weight is 535 g/mol. The van der Waals surface area contributed by atoms with Crippen LogP contribution in [0.15, 0.2) is 0 Å². The molecule has 38 heavy (non-hydrogen) atoms. The Morgan fingerprint density at radius 3 is 1.45 bits per heavy atom. The Bertz CT molecular complexity index is 748. The van der Waals surface area contributed by atoms with Gasteiger partial charge in [-0.3, -0.25) is 4.79 Å². The lowest BCUT2D eigenvalue weighted by Gasteiger charge is -2.46. The van der Waals surface area contributed by atoms with Crippen LogP contribution in [0.1, 0.15) is 120 Å². The van der Waals surface area contributed by atoms with Crippen molar-refractivity contribution in [2.24, 2.45) is 17.8 Å². The zero-order valence-electron chi connectivity index (χ0n) is 25.3. The van der Waals surface area contributed by atoms with Gasteiger partial charge in [-0.2, -0.15) is 0 Å². The summed E-state index contributed by atoms with van der Waals surface area (Å²) in [4.78, 5) is 25.9. The van der Waals surface area contributed by atoms with Crippen molar-refractivity contribution in [3.8, 4) is 0 Å². The van der Waals surface area contributed by atoms with Crippen LogP contribution in [0.25, 0.3) is 0 Å². The molecule has 2 atom stereocenters. The summed E-state index contributed by atoms with van der Waals surface area (Å²) in [5.74, 6) is 0.822. The third-order valence-electron chi connectivity index (χ3n) is 9.22. The molecule has 2 unspecified atom stereocenters. The highest BCUT2D eigenvalue weighted by atomic mass is 16.6. The molecular weight excluding hydrogens is 480 g/mol. The van der Waals surface area contributed by atoms with E-state index in [0.29, 0.717) is 18.4 Å². The van der Waals surface area contributed by atoms with Gasteiger partial charge < -0.3 is 24.8 Å². The first kappa shape index (κ1) is 29.8. The van der Waals surface area contributed by atoms with Crippen molar-refractivity contribution in [2.45, 2.75) is 160 Å². The molecule has 7 nitrogen and oxygen atoms in total. The van der Waals surface area contributed by atoms with Gasteiger partial charge in [-0.05, 0) is 106 Å². The van der Waals surface area contributed by atoms with Crippen LogP contribution >= 0.6 is 0 Å². The third-order valence-corrected chi connectivity index (χ3v) is 9.22. The smallest absolute Gasteiger partial charge is 0.335 e. The van der Waals surface area contributed by atoms with Crippen LogP contribution in [-0.2, 0) is 23.8 Å². The van der Waals surface area contributed by atoms with Crippen molar-refractivity contribution in [3.63, 3.8) is 0 Å². The normalized spacial score (nSPS) is 35.3. The molecule has 0 aromatic rings. The second-order valence-electron chi connectivity index (χ2n) is 15.5.